The largest absolute Gasteiger partial charge is 0.466 e. The van der Waals surface area contributed by atoms with E-state index in [9.17, 15) is 9.59 Å². The van der Waals surface area contributed by atoms with Gasteiger partial charge in [-0.05, 0) is 51.8 Å². The van der Waals surface area contributed by atoms with Gasteiger partial charge >= 0.3 is 11.9 Å². The predicted molar refractivity (Wildman–Crippen MR) is 85.9 cm³/mol. The van der Waals surface area contributed by atoms with Crippen molar-refractivity contribution in [3.63, 3.8) is 0 Å². The Kier molecular flexibility index (Phi) is 6.88. The van der Waals surface area contributed by atoms with Gasteiger partial charge in [0.15, 0.2) is 0 Å². The van der Waals surface area contributed by atoms with E-state index in [1.807, 2.05) is 20.8 Å². The summed E-state index contributed by atoms with van der Waals surface area (Å²) >= 11 is 5.87. The van der Waals surface area contributed by atoms with Crippen molar-refractivity contribution in [2.75, 3.05) is 6.61 Å². The Morgan fingerprint density at radius 3 is 2.27 bits per heavy atom. The van der Waals surface area contributed by atoms with Crippen molar-refractivity contribution in [2.24, 2.45) is 0 Å². The summed E-state index contributed by atoms with van der Waals surface area (Å²) in [6, 6.07) is 6.99. The molecule has 1 unspecified atom stereocenters. The van der Waals surface area contributed by atoms with Crippen LogP contribution in [0.25, 0.3) is 0 Å². The standard InChI is InChI=1S/C17H23ClO4/c1-5-21-16(20)14(12-6-8-13(18)9-7-12)10-11-15(19)22-17(2,3)4/h6-9,14H,5,10-11H2,1-4H3. The molecule has 5 heteroatoms. The van der Waals surface area contributed by atoms with Crippen molar-refractivity contribution in [2.45, 2.75) is 52.1 Å². The molecule has 0 aliphatic carbocycles. The van der Waals surface area contributed by atoms with E-state index in [4.69, 9.17) is 21.1 Å². The zero-order valence-electron chi connectivity index (χ0n) is 13.5. The normalized spacial score (nSPS) is 12.6. The molecule has 0 saturated heterocycles. The summed E-state index contributed by atoms with van der Waals surface area (Å²) in [5.74, 6) is -1.16. The first-order valence-corrected chi connectivity index (χ1v) is 7.74. The van der Waals surface area contributed by atoms with Crippen LogP contribution in [0.2, 0.25) is 5.02 Å². The summed E-state index contributed by atoms with van der Waals surface area (Å²) < 4.78 is 10.4. The van der Waals surface area contributed by atoms with E-state index in [1.165, 1.54) is 0 Å². The van der Waals surface area contributed by atoms with Gasteiger partial charge in [0.25, 0.3) is 0 Å². The van der Waals surface area contributed by atoms with Crippen LogP contribution in [0.5, 0.6) is 0 Å². The minimum Gasteiger partial charge on any atom is -0.466 e. The highest BCUT2D eigenvalue weighted by Gasteiger charge is 2.24. The second-order valence-electron chi connectivity index (χ2n) is 5.98. The maximum Gasteiger partial charge on any atom is 0.313 e. The summed E-state index contributed by atoms with van der Waals surface area (Å²) in [6.07, 6.45) is 0.499. The monoisotopic (exact) mass is 326 g/mol. The molecule has 1 aromatic rings. The van der Waals surface area contributed by atoms with Gasteiger partial charge in [-0.2, -0.15) is 0 Å². The molecule has 1 atom stereocenters. The second kappa shape index (κ2) is 8.18. The number of carbonyl (C=O) groups is 2. The van der Waals surface area contributed by atoms with E-state index in [-0.39, 0.29) is 18.4 Å². The molecule has 4 nitrogen and oxygen atoms in total. The van der Waals surface area contributed by atoms with Crippen LogP contribution < -0.4 is 0 Å². The molecular weight excluding hydrogens is 304 g/mol. The molecule has 0 amide bonds. The zero-order chi connectivity index (χ0) is 16.8. The molecule has 1 aromatic carbocycles. The number of esters is 2. The fourth-order valence-corrected chi connectivity index (χ4v) is 2.14. The van der Waals surface area contributed by atoms with Gasteiger partial charge in [0.1, 0.15) is 5.60 Å². The third-order valence-corrected chi connectivity index (χ3v) is 3.15. The predicted octanol–water partition coefficient (Wildman–Crippen LogP) is 4.11. The molecule has 0 heterocycles. The van der Waals surface area contributed by atoms with Crippen molar-refractivity contribution in [1.29, 1.82) is 0 Å². The number of hydrogen-bond acceptors (Lipinski definition) is 4. The molecule has 0 N–H and O–H groups in total. The number of halogens is 1. The summed E-state index contributed by atoms with van der Waals surface area (Å²) in [4.78, 5) is 24.0. The van der Waals surface area contributed by atoms with Crippen LogP contribution >= 0.6 is 11.6 Å². The van der Waals surface area contributed by atoms with Crippen LogP contribution in [-0.4, -0.2) is 24.1 Å². The summed E-state index contributed by atoms with van der Waals surface area (Å²) in [7, 11) is 0. The lowest BCUT2D eigenvalue weighted by Crippen LogP contribution is -2.25. The molecule has 1 rings (SSSR count). The van der Waals surface area contributed by atoms with Gasteiger partial charge in [-0.1, -0.05) is 23.7 Å². The highest BCUT2D eigenvalue weighted by atomic mass is 35.5. The van der Waals surface area contributed by atoms with Crippen LogP contribution in [-0.2, 0) is 19.1 Å². The second-order valence-corrected chi connectivity index (χ2v) is 6.42. The zero-order valence-corrected chi connectivity index (χ0v) is 14.3. The Hall–Kier alpha value is -1.55. The van der Waals surface area contributed by atoms with Gasteiger partial charge < -0.3 is 9.47 Å². The van der Waals surface area contributed by atoms with Crippen molar-refractivity contribution in [1.82, 2.24) is 0 Å². The van der Waals surface area contributed by atoms with E-state index < -0.39 is 11.5 Å². The smallest absolute Gasteiger partial charge is 0.313 e. The van der Waals surface area contributed by atoms with Crippen LogP contribution in [0, 0.1) is 0 Å². The van der Waals surface area contributed by atoms with Crippen LogP contribution in [0.1, 0.15) is 52.0 Å². The molecule has 122 valence electrons. The quantitative estimate of drug-likeness (QED) is 0.738. The van der Waals surface area contributed by atoms with Crippen LogP contribution in [0.4, 0.5) is 0 Å². The van der Waals surface area contributed by atoms with E-state index in [0.717, 1.165) is 5.56 Å². The van der Waals surface area contributed by atoms with Crippen molar-refractivity contribution >= 4 is 23.5 Å². The average molecular weight is 327 g/mol. The van der Waals surface area contributed by atoms with Gasteiger partial charge in [0.05, 0.1) is 12.5 Å². The lowest BCUT2D eigenvalue weighted by Gasteiger charge is -2.21. The van der Waals surface area contributed by atoms with Gasteiger partial charge in [0.2, 0.25) is 0 Å². The van der Waals surface area contributed by atoms with Crippen LogP contribution in [0.3, 0.4) is 0 Å². The van der Waals surface area contributed by atoms with Crippen LogP contribution in [0.15, 0.2) is 24.3 Å². The molecule has 0 radical (unpaired) electrons. The van der Waals surface area contributed by atoms with Gasteiger partial charge in [-0.25, -0.2) is 0 Å². The lowest BCUT2D eigenvalue weighted by molar-refractivity contribution is -0.155. The van der Waals surface area contributed by atoms with Crippen molar-refractivity contribution in [3.05, 3.63) is 34.9 Å². The number of ether oxygens (including phenoxy) is 2. The third kappa shape index (κ3) is 6.48. The fourth-order valence-electron chi connectivity index (χ4n) is 2.01. The number of benzene rings is 1. The molecule has 0 aliphatic heterocycles. The van der Waals surface area contributed by atoms with E-state index in [0.29, 0.717) is 18.1 Å². The average Bonchev–Trinajstić information content (AvgIpc) is 2.39. The first-order valence-electron chi connectivity index (χ1n) is 7.37. The lowest BCUT2D eigenvalue weighted by atomic mass is 9.94. The molecule has 0 spiro atoms. The molecular formula is C17H23ClO4. The van der Waals surface area contributed by atoms with E-state index in [2.05, 4.69) is 0 Å². The molecule has 0 saturated carbocycles. The first kappa shape index (κ1) is 18.5. The highest BCUT2D eigenvalue weighted by molar-refractivity contribution is 6.30. The Morgan fingerprint density at radius 1 is 1.18 bits per heavy atom. The topological polar surface area (TPSA) is 52.6 Å². The van der Waals surface area contributed by atoms with E-state index >= 15 is 0 Å². The molecule has 0 bridgehead atoms. The summed E-state index contributed by atoms with van der Waals surface area (Å²) in [5, 5.41) is 0.596. The Balaban J connectivity index is 2.77. The van der Waals surface area contributed by atoms with Crippen molar-refractivity contribution in [3.8, 4) is 0 Å². The Bertz CT molecular complexity index is 502. The van der Waals surface area contributed by atoms with Gasteiger partial charge in [-0.15, -0.1) is 0 Å². The number of carbonyl (C=O) groups excluding carboxylic acids is 2. The SMILES string of the molecule is CCOC(=O)C(CCC(=O)OC(C)(C)C)c1ccc(Cl)cc1. The number of hydrogen-bond donors (Lipinski definition) is 0. The Morgan fingerprint density at radius 2 is 1.77 bits per heavy atom. The van der Waals surface area contributed by atoms with Crippen molar-refractivity contribution < 1.29 is 19.1 Å². The highest BCUT2D eigenvalue weighted by Crippen LogP contribution is 2.25. The first-order chi connectivity index (χ1) is 10.2. The maximum atomic E-state index is 12.1. The Labute approximate surface area is 136 Å². The molecule has 0 aliphatic rings. The van der Waals surface area contributed by atoms with Gasteiger partial charge in [-0.3, -0.25) is 9.59 Å². The summed E-state index contributed by atoms with van der Waals surface area (Å²) in [5.41, 5.74) is 0.253. The summed E-state index contributed by atoms with van der Waals surface area (Å²) in [6.45, 7) is 7.49. The number of rotatable bonds is 6. The van der Waals surface area contributed by atoms with Gasteiger partial charge in [0, 0.05) is 11.4 Å². The maximum absolute atomic E-state index is 12.1. The minimum absolute atomic E-state index is 0.156. The minimum atomic E-state index is -0.531. The molecule has 0 aromatic heterocycles. The third-order valence-electron chi connectivity index (χ3n) is 2.90. The molecule has 22 heavy (non-hydrogen) atoms. The molecule has 0 fully saturated rings. The van der Waals surface area contributed by atoms with E-state index in [1.54, 1.807) is 31.2 Å². The fraction of sp³-hybridized carbons (Fsp3) is 0.529.